The Morgan fingerprint density at radius 3 is 2.26 bits per heavy atom. The first-order chi connectivity index (χ1) is 16.3. The number of hydrogen-bond acceptors (Lipinski definition) is 6. The second-order valence-electron chi connectivity index (χ2n) is 8.16. The second kappa shape index (κ2) is 11.7. The molecule has 0 bridgehead atoms. The molecule has 0 aliphatic heterocycles. The zero-order chi connectivity index (χ0) is 24.7. The van der Waals surface area contributed by atoms with Gasteiger partial charge in [0.25, 0.3) is 5.56 Å². The Morgan fingerprint density at radius 1 is 0.971 bits per heavy atom. The monoisotopic (exact) mass is 484 g/mol. The minimum absolute atomic E-state index is 0.162. The standard InChI is InChI=1S/C25H32N4O4S/c1-28(2)11-6-12-29(25(34)26-19-7-9-20(31-3)10-8-19)16-18-13-17-14-22(32-4)23(33-5)15-21(17)27-24(18)30/h7-10,13-15H,6,11-12,16H2,1-5H3,(H,26,34)(H,27,30). The van der Waals surface area contributed by atoms with Crippen LogP contribution in [0.2, 0.25) is 0 Å². The van der Waals surface area contributed by atoms with Crippen LogP contribution in [0.4, 0.5) is 5.69 Å². The van der Waals surface area contributed by atoms with E-state index in [1.807, 2.05) is 55.4 Å². The molecular weight excluding hydrogens is 452 g/mol. The molecule has 9 heteroatoms. The van der Waals surface area contributed by atoms with Gasteiger partial charge in [-0.25, -0.2) is 0 Å². The lowest BCUT2D eigenvalue weighted by molar-refractivity contribution is 0.346. The summed E-state index contributed by atoms with van der Waals surface area (Å²) in [6.45, 7) is 1.98. The Balaban J connectivity index is 1.87. The Kier molecular flexibility index (Phi) is 8.72. The van der Waals surface area contributed by atoms with Crippen molar-refractivity contribution in [2.24, 2.45) is 0 Å². The number of aromatic nitrogens is 1. The van der Waals surface area contributed by atoms with Crippen molar-refractivity contribution in [1.29, 1.82) is 0 Å². The van der Waals surface area contributed by atoms with Crippen LogP contribution in [0.5, 0.6) is 17.2 Å². The molecule has 0 aliphatic carbocycles. The van der Waals surface area contributed by atoms with Gasteiger partial charge in [0.1, 0.15) is 5.75 Å². The molecule has 0 saturated heterocycles. The van der Waals surface area contributed by atoms with Gasteiger partial charge in [-0.15, -0.1) is 0 Å². The number of fused-ring (bicyclic) bond motifs is 1. The van der Waals surface area contributed by atoms with E-state index >= 15 is 0 Å². The van der Waals surface area contributed by atoms with E-state index in [1.54, 1.807) is 27.4 Å². The molecule has 0 aliphatic rings. The highest BCUT2D eigenvalue weighted by molar-refractivity contribution is 7.80. The largest absolute Gasteiger partial charge is 0.497 e. The average molecular weight is 485 g/mol. The summed E-state index contributed by atoms with van der Waals surface area (Å²) in [4.78, 5) is 20.0. The number of nitrogens with zero attached hydrogens (tertiary/aromatic N) is 2. The molecule has 0 amide bonds. The van der Waals surface area contributed by atoms with Crippen LogP contribution in [0, 0.1) is 0 Å². The molecule has 8 nitrogen and oxygen atoms in total. The number of H-pyrrole nitrogens is 1. The molecule has 0 radical (unpaired) electrons. The number of aromatic amines is 1. The number of rotatable bonds is 10. The fourth-order valence-corrected chi connectivity index (χ4v) is 3.88. The maximum absolute atomic E-state index is 12.9. The number of anilines is 1. The van der Waals surface area contributed by atoms with Crippen molar-refractivity contribution in [1.82, 2.24) is 14.8 Å². The fraction of sp³-hybridized carbons (Fsp3) is 0.360. The van der Waals surface area contributed by atoms with Crippen LogP contribution in [-0.2, 0) is 6.54 Å². The van der Waals surface area contributed by atoms with E-state index in [0.29, 0.717) is 40.8 Å². The molecule has 1 aromatic heterocycles. The molecule has 2 aromatic carbocycles. The lowest BCUT2D eigenvalue weighted by Crippen LogP contribution is -2.37. The van der Waals surface area contributed by atoms with Crippen molar-refractivity contribution in [2.75, 3.05) is 53.8 Å². The van der Waals surface area contributed by atoms with Gasteiger partial charge in [-0.05, 0) is 75.7 Å². The third-order valence-corrected chi connectivity index (χ3v) is 5.81. The highest BCUT2D eigenvalue weighted by atomic mass is 32.1. The lowest BCUT2D eigenvalue weighted by atomic mass is 10.1. The Bertz CT molecular complexity index is 1180. The zero-order valence-electron chi connectivity index (χ0n) is 20.3. The molecule has 2 N–H and O–H groups in total. The molecule has 0 unspecified atom stereocenters. The average Bonchev–Trinajstić information content (AvgIpc) is 2.83. The molecule has 3 aromatic rings. The third kappa shape index (κ3) is 6.39. The summed E-state index contributed by atoms with van der Waals surface area (Å²) in [6.07, 6.45) is 0.897. The van der Waals surface area contributed by atoms with Crippen molar-refractivity contribution in [3.05, 3.63) is 58.4 Å². The maximum atomic E-state index is 12.9. The fourth-order valence-electron chi connectivity index (χ4n) is 3.61. The number of pyridine rings is 1. The Hall–Kier alpha value is -3.30. The van der Waals surface area contributed by atoms with Gasteiger partial charge in [0, 0.05) is 29.2 Å². The van der Waals surface area contributed by atoms with E-state index in [0.717, 1.165) is 29.8 Å². The molecule has 0 saturated carbocycles. The van der Waals surface area contributed by atoms with Gasteiger partial charge in [0.2, 0.25) is 0 Å². The minimum atomic E-state index is -0.162. The summed E-state index contributed by atoms with van der Waals surface area (Å²) in [5, 5.41) is 4.69. The Labute approximate surface area is 205 Å². The first-order valence-corrected chi connectivity index (χ1v) is 11.4. The quantitative estimate of drug-likeness (QED) is 0.422. The number of benzene rings is 2. The molecule has 34 heavy (non-hydrogen) atoms. The number of methoxy groups -OCH3 is 3. The van der Waals surface area contributed by atoms with Crippen molar-refractivity contribution >= 4 is 33.9 Å². The van der Waals surface area contributed by atoms with Crippen molar-refractivity contribution < 1.29 is 14.2 Å². The number of ether oxygens (including phenoxy) is 3. The normalized spacial score (nSPS) is 10.9. The van der Waals surface area contributed by atoms with E-state index < -0.39 is 0 Å². The van der Waals surface area contributed by atoms with Crippen LogP contribution < -0.4 is 25.1 Å². The van der Waals surface area contributed by atoms with Gasteiger partial charge in [0.05, 0.1) is 33.4 Å². The summed E-state index contributed by atoms with van der Waals surface area (Å²) in [5.41, 5.74) is 1.99. The maximum Gasteiger partial charge on any atom is 0.253 e. The topological polar surface area (TPSA) is 79.1 Å². The number of thiocarbonyl (C=S) groups is 1. The minimum Gasteiger partial charge on any atom is -0.497 e. The second-order valence-corrected chi connectivity index (χ2v) is 8.54. The summed E-state index contributed by atoms with van der Waals surface area (Å²) in [7, 11) is 8.86. The van der Waals surface area contributed by atoms with E-state index in [9.17, 15) is 4.79 Å². The molecule has 182 valence electrons. The SMILES string of the molecule is COc1ccc(NC(=S)N(CCCN(C)C)Cc2cc3cc(OC)c(OC)cc3[nH]c2=O)cc1. The van der Waals surface area contributed by atoms with Crippen molar-refractivity contribution in [3.8, 4) is 17.2 Å². The first kappa shape index (κ1) is 25.3. The van der Waals surface area contributed by atoms with Crippen LogP contribution in [0.1, 0.15) is 12.0 Å². The number of hydrogen-bond donors (Lipinski definition) is 2. The lowest BCUT2D eigenvalue weighted by Gasteiger charge is -2.26. The third-order valence-electron chi connectivity index (χ3n) is 5.45. The van der Waals surface area contributed by atoms with E-state index in [4.69, 9.17) is 26.4 Å². The van der Waals surface area contributed by atoms with Gasteiger partial charge < -0.3 is 34.3 Å². The van der Waals surface area contributed by atoms with Crippen molar-refractivity contribution in [3.63, 3.8) is 0 Å². The van der Waals surface area contributed by atoms with Crippen LogP contribution in [0.3, 0.4) is 0 Å². The molecule has 0 spiro atoms. The molecule has 0 fully saturated rings. The molecular formula is C25H32N4O4S. The summed E-state index contributed by atoms with van der Waals surface area (Å²) >= 11 is 5.73. The van der Waals surface area contributed by atoms with Crippen molar-refractivity contribution in [2.45, 2.75) is 13.0 Å². The van der Waals surface area contributed by atoms with E-state index in [1.165, 1.54) is 0 Å². The van der Waals surface area contributed by atoms with E-state index in [-0.39, 0.29) is 5.56 Å². The Morgan fingerprint density at radius 2 is 1.65 bits per heavy atom. The van der Waals surface area contributed by atoms with Crippen LogP contribution >= 0.6 is 12.2 Å². The zero-order valence-corrected chi connectivity index (χ0v) is 21.1. The first-order valence-electron chi connectivity index (χ1n) is 11.0. The van der Waals surface area contributed by atoms with Gasteiger partial charge in [0.15, 0.2) is 16.6 Å². The highest BCUT2D eigenvalue weighted by Crippen LogP contribution is 2.31. The highest BCUT2D eigenvalue weighted by Gasteiger charge is 2.15. The molecule has 1 heterocycles. The number of nitrogens with one attached hydrogen (secondary N) is 2. The predicted octanol–water partition coefficient (Wildman–Crippen LogP) is 3.70. The van der Waals surface area contributed by atoms with Gasteiger partial charge >= 0.3 is 0 Å². The van der Waals surface area contributed by atoms with E-state index in [2.05, 4.69) is 15.2 Å². The smallest absolute Gasteiger partial charge is 0.253 e. The van der Waals surface area contributed by atoms with Gasteiger partial charge in [-0.3, -0.25) is 4.79 Å². The van der Waals surface area contributed by atoms with Crippen LogP contribution in [-0.4, -0.2) is 68.4 Å². The van der Waals surface area contributed by atoms with Gasteiger partial charge in [-0.2, -0.15) is 0 Å². The molecule has 0 atom stereocenters. The summed E-state index contributed by atoms with van der Waals surface area (Å²) < 4.78 is 16.0. The molecule has 3 rings (SSSR count). The summed E-state index contributed by atoms with van der Waals surface area (Å²) in [5.74, 6) is 1.94. The van der Waals surface area contributed by atoms with Crippen LogP contribution in [0.25, 0.3) is 10.9 Å². The predicted molar refractivity (Wildman–Crippen MR) is 140 cm³/mol. The summed E-state index contributed by atoms with van der Waals surface area (Å²) in [6, 6.07) is 13.1. The van der Waals surface area contributed by atoms with Crippen LogP contribution in [0.15, 0.2) is 47.3 Å². The van der Waals surface area contributed by atoms with Gasteiger partial charge in [-0.1, -0.05) is 0 Å².